The first-order valence-electron chi connectivity index (χ1n) is 5.56. The van der Waals surface area contributed by atoms with Gasteiger partial charge in [-0.25, -0.2) is 0 Å². The Bertz CT molecular complexity index is 374. The van der Waals surface area contributed by atoms with Gasteiger partial charge in [0.1, 0.15) is 14.5 Å². The Kier molecular flexibility index (Phi) is 4.60. The van der Waals surface area contributed by atoms with E-state index in [1.165, 1.54) is 12.5 Å². The summed E-state index contributed by atoms with van der Waals surface area (Å²) in [5.74, 6) is 0.213. The Morgan fingerprint density at radius 3 is 2.75 bits per heavy atom. The highest BCUT2D eigenvalue weighted by molar-refractivity contribution is 6.33. The van der Waals surface area contributed by atoms with E-state index in [-0.39, 0.29) is 12.6 Å². The molecular weight excluding hydrogens is 199 g/mol. The van der Waals surface area contributed by atoms with E-state index in [2.05, 4.69) is 13.8 Å². The van der Waals surface area contributed by atoms with Crippen molar-refractivity contribution in [3.8, 4) is 0 Å². The molecule has 0 heterocycles. The summed E-state index contributed by atoms with van der Waals surface area (Å²) in [5.41, 5.74) is 2.79. The van der Waals surface area contributed by atoms with E-state index in [4.69, 9.17) is 12.6 Å². The molecule has 0 amide bonds. The number of carbonyl (C=O) groups excluding carboxylic acids is 1. The predicted octanol–water partition coefficient (Wildman–Crippen LogP) is 2.06. The maximum absolute atomic E-state index is 10.7. The molecule has 1 atom stereocenters. The van der Waals surface area contributed by atoms with E-state index < -0.39 is 0 Å². The third-order valence-corrected chi connectivity index (χ3v) is 2.78. The number of esters is 1. The summed E-state index contributed by atoms with van der Waals surface area (Å²) >= 11 is 0. The molecule has 1 unspecified atom stereocenters. The van der Waals surface area contributed by atoms with E-state index >= 15 is 0 Å². The van der Waals surface area contributed by atoms with Gasteiger partial charge in [0.2, 0.25) is 0 Å². The van der Waals surface area contributed by atoms with Crippen molar-refractivity contribution >= 4 is 19.3 Å². The first kappa shape index (κ1) is 12.8. The minimum atomic E-state index is -0.284. The van der Waals surface area contributed by atoms with Crippen LogP contribution in [-0.2, 0) is 16.1 Å². The van der Waals surface area contributed by atoms with Crippen molar-refractivity contribution in [2.45, 2.75) is 39.7 Å². The summed E-state index contributed by atoms with van der Waals surface area (Å²) in [7, 11) is 5.83. The highest BCUT2D eigenvalue weighted by Crippen LogP contribution is 2.18. The average Bonchev–Trinajstić information content (AvgIpc) is 2.26. The molecule has 0 saturated heterocycles. The number of hydrogen-bond acceptors (Lipinski definition) is 2. The lowest BCUT2D eigenvalue weighted by Gasteiger charge is -2.13. The molecule has 2 nitrogen and oxygen atoms in total. The summed E-state index contributed by atoms with van der Waals surface area (Å²) in [6.07, 6.45) is 1.08. The molecule has 84 valence electrons. The van der Waals surface area contributed by atoms with Crippen molar-refractivity contribution in [1.29, 1.82) is 0 Å². The summed E-state index contributed by atoms with van der Waals surface area (Å²) in [4.78, 5) is 10.7. The van der Waals surface area contributed by atoms with Gasteiger partial charge in [0, 0.05) is 6.92 Å². The fourth-order valence-corrected chi connectivity index (χ4v) is 1.47. The van der Waals surface area contributed by atoms with Gasteiger partial charge in [-0.1, -0.05) is 37.5 Å². The molecule has 0 aromatic heterocycles. The number of rotatable bonds is 4. The van der Waals surface area contributed by atoms with Crippen LogP contribution in [0.25, 0.3) is 0 Å². The SMILES string of the molecule is [B]c1ccc(C(C)CC)cc1COC(C)=O. The van der Waals surface area contributed by atoms with E-state index in [9.17, 15) is 4.79 Å². The van der Waals surface area contributed by atoms with E-state index in [1.54, 1.807) is 0 Å². The molecule has 3 heteroatoms. The third-order valence-electron chi connectivity index (χ3n) is 2.78. The van der Waals surface area contributed by atoms with Crippen LogP contribution in [0, 0.1) is 0 Å². The minimum Gasteiger partial charge on any atom is -0.461 e. The van der Waals surface area contributed by atoms with E-state index in [1.807, 2.05) is 18.2 Å². The van der Waals surface area contributed by atoms with Gasteiger partial charge in [0.05, 0.1) is 0 Å². The molecule has 0 aliphatic rings. The van der Waals surface area contributed by atoms with Gasteiger partial charge in [-0.15, -0.1) is 0 Å². The Labute approximate surface area is 98.4 Å². The Morgan fingerprint density at radius 1 is 1.50 bits per heavy atom. The zero-order valence-electron chi connectivity index (χ0n) is 10.1. The first-order chi connectivity index (χ1) is 7.54. The monoisotopic (exact) mass is 216 g/mol. The fraction of sp³-hybridized carbons (Fsp3) is 0.462. The predicted molar refractivity (Wildman–Crippen MR) is 66.0 cm³/mol. The maximum atomic E-state index is 10.7. The first-order valence-corrected chi connectivity index (χ1v) is 5.56. The second-order valence-corrected chi connectivity index (χ2v) is 4.05. The molecule has 0 spiro atoms. The van der Waals surface area contributed by atoms with Crippen LogP contribution in [0.15, 0.2) is 18.2 Å². The lowest BCUT2D eigenvalue weighted by molar-refractivity contribution is -0.142. The van der Waals surface area contributed by atoms with Gasteiger partial charge in [-0.05, 0) is 23.5 Å². The Morgan fingerprint density at radius 2 is 2.19 bits per heavy atom. The third kappa shape index (κ3) is 3.40. The van der Waals surface area contributed by atoms with Crippen LogP contribution >= 0.6 is 0 Å². The molecule has 1 aromatic carbocycles. The van der Waals surface area contributed by atoms with E-state index in [0.29, 0.717) is 11.4 Å². The van der Waals surface area contributed by atoms with Crippen molar-refractivity contribution < 1.29 is 9.53 Å². The Balaban J connectivity index is 2.86. The molecule has 1 aromatic rings. The molecule has 0 saturated carbocycles. The molecule has 0 aliphatic heterocycles. The van der Waals surface area contributed by atoms with Gasteiger partial charge in [0.15, 0.2) is 0 Å². The van der Waals surface area contributed by atoms with Crippen LogP contribution in [0.5, 0.6) is 0 Å². The highest BCUT2D eigenvalue weighted by atomic mass is 16.5. The second kappa shape index (κ2) is 5.73. The van der Waals surface area contributed by atoms with Crippen LogP contribution in [0.1, 0.15) is 44.2 Å². The average molecular weight is 216 g/mol. The molecule has 0 bridgehead atoms. The smallest absolute Gasteiger partial charge is 0.302 e. The highest BCUT2D eigenvalue weighted by Gasteiger charge is 2.06. The van der Waals surface area contributed by atoms with E-state index in [0.717, 1.165) is 12.0 Å². The lowest BCUT2D eigenvalue weighted by Crippen LogP contribution is -2.13. The molecule has 1 rings (SSSR count). The van der Waals surface area contributed by atoms with Gasteiger partial charge in [-0.2, -0.15) is 0 Å². The number of ether oxygens (including phenoxy) is 1. The number of hydrogen-bond donors (Lipinski definition) is 0. The van der Waals surface area contributed by atoms with Crippen LogP contribution in [-0.4, -0.2) is 13.8 Å². The normalized spacial score (nSPS) is 12.2. The summed E-state index contributed by atoms with van der Waals surface area (Å²) < 4.78 is 4.96. The fourth-order valence-electron chi connectivity index (χ4n) is 1.47. The topological polar surface area (TPSA) is 26.3 Å². The number of benzene rings is 1. The summed E-state index contributed by atoms with van der Waals surface area (Å²) in [6.45, 7) is 5.97. The summed E-state index contributed by atoms with van der Waals surface area (Å²) in [6, 6.07) is 5.92. The van der Waals surface area contributed by atoms with Gasteiger partial charge in [0.25, 0.3) is 0 Å². The quantitative estimate of drug-likeness (QED) is 0.568. The van der Waals surface area contributed by atoms with Gasteiger partial charge in [-0.3, -0.25) is 4.79 Å². The molecule has 2 radical (unpaired) electrons. The molecule has 16 heavy (non-hydrogen) atoms. The number of carbonyl (C=O) groups is 1. The second-order valence-electron chi connectivity index (χ2n) is 4.05. The molecule has 0 fully saturated rings. The Hall–Kier alpha value is -1.25. The van der Waals surface area contributed by atoms with Crippen LogP contribution < -0.4 is 5.46 Å². The zero-order valence-corrected chi connectivity index (χ0v) is 10.1. The van der Waals surface area contributed by atoms with Gasteiger partial charge >= 0.3 is 5.97 Å². The standard InChI is InChI=1S/C13H17BO2/c1-4-9(2)11-5-6-13(14)12(7-11)8-16-10(3)15/h5-7,9H,4,8H2,1-3H3. The van der Waals surface area contributed by atoms with Crippen molar-refractivity contribution in [1.82, 2.24) is 0 Å². The van der Waals surface area contributed by atoms with Crippen molar-refractivity contribution in [3.63, 3.8) is 0 Å². The van der Waals surface area contributed by atoms with Crippen molar-refractivity contribution in [3.05, 3.63) is 29.3 Å². The van der Waals surface area contributed by atoms with Crippen molar-refractivity contribution in [2.24, 2.45) is 0 Å². The molecular formula is C13H17BO2. The van der Waals surface area contributed by atoms with Crippen molar-refractivity contribution in [2.75, 3.05) is 0 Å². The zero-order chi connectivity index (χ0) is 12.1. The van der Waals surface area contributed by atoms with Crippen LogP contribution in [0.3, 0.4) is 0 Å². The van der Waals surface area contributed by atoms with Gasteiger partial charge < -0.3 is 4.74 Å². The maximum Gasteiger partial charge on any atom is 0.302 e. The van der Waals surface area contributed by atoms with Crippen LogP contribution in [0.4, 0.5) is 0 Å². The van der Waals surface area contributed by atoms with Crippen LogP contribution in [0.2, 0.25) is 0 Å². The largest absolute Gasteiger partial charge is 0.461 e. The molecule has 0 N–H and O–H groups in total. The molecule has 0 aliphatic carbocycles. The lowest BCUT2D eigenvalue weighted by atomic mass is 9.87. The minimum absolute atomic E-state index is 0.255. The summed E-state index contributed by atoms with van der Waals surface area (Å²) in [5, 5.41) is 0.